The Kier molecular flexibility index (Phi) is 3.21. The molecule has 2 nitrogen and oxygen atoms in total. The first-order valence-corrected chi connectivity index (χ1v) is 8.33. The van der Waals surface area contributed by atoms with Crippen molar-refractivity contribution in [3.05, 3.63) is 60.4 Å². The molecule has 2 aromatic rings. The molecular weight excluding hydrogens is 314 g/mol. The molecule has 0 N–H and O–H groups in total. The number of ether oxygens (including phenoxy) is 1. The maximum Gasteiger partial charge on any atom is 0.138 e. The third-order valence-electron chi connectivity index (χ3n) is 3.83. The van der Waals surface area contributed by atoms with Crippen molar-refractivity contribution in [2.45, 2.75) is 16.7 Å². The molecule has 4 rings (SSSR count). The van der Waals surface area contributed by atoms with Crippen LogP contribution in [0.15, 0.2) is 64.6 Å². The van der Waals surface area contributed by atoms with E-state index in [4.69, 9.17) is 16.3 Å². The van der Waals surface area contributed by atoms with E-state index in [9.17, 15) is 0 Å². The standard InChI is InChI=1S/C18H14ClNOS/c1-3-20-14-6-4-5-7-17(14)22-18-9-12-13(19)8-11(2)21-16(12)10-15(18)20/h4-10H,2-3H2,1H3. The SMILES string of the molecule is C=C1C=C(Cl)c2cc3c(cc2O1)N(CC)c1ccccc1S3. The van der Waals surface area contributed by atoms with Gasteiger partial charge in [-0.3, -0.25) is 0 Å². The smallest absolute Gasteiger partial charge is 0.138 e. The summed E-state index contributed by atoms with van der Waals surface area (Å²) < 4.78 is 5.76. The van der Waals surface area contributed by atoms with E-state index in [0.29, 0.717) is 10.8 Å². The number of fused-ring (bicyclic) bond motifs is 3. The highest BCUT2D eigenvalue weighted by Gasteiger charge is 2.26. The van der Waals surface area contributed by atoms with Crippen LogP contribution in [0.1, 0.15) is 12.5 Å². The van der Waals surface area contributed by atoms with Gasteiger partial charge >= 0.3 is 0 Å². The quantitative estimate of drug-likeness (QED) is 0.657. The van der Waals surface area contributed by atoms with E-state index in [-0.39, 0.29) is 0 Å². The van der Waals surface area contributed by atoms with E-state index in [1.165, 1.54) is 15.5 Å². The summed E-state index contributed by atoms with van der Waals surface area (Å²) in [6.07, 6.45) is 1.76. The lowest BCUT2D eigenvalue weighted by Gasteiger charge is -2.33. The van der Waals surface area contributed by atoms with Gasteiger partial charge in [0.25, 0.3) is 0 Å². The Labute approximate surface area is 139 Å². The number of hydrogen-bond acceptors (Lipinski definition) is 3. The van der Waals surface area contributed by atoms with Crippen LogP contribution in [0, 0.1) is 0 Å². The van der Waals surface area contributed by atoms with Gasteiger partial charge in [-0.05, 0) is 31.2 Å². The van der Waals surface area contributed by atoms with Crippen LogP contribution in [-0.4, -0.2) is 6.54 Å². The zero-order chi connectivity index (χ0) is 15.3. The minimum Gasteiger partial charge on any atom is -0.457 e. The van der Waals surface area contributed by atoms with Crippen LogP contribution in [0.3, 0.4) is 0 Å². The van der Waals surface area contributed by atoms with E-state index < -0.39 is 0 Å². The molecule has 0 bridgehead atoms. The third kappa shape index (κ3) is 2.04. The Morgan fingerprint density at radius 1 is 1.18 bits per heavy atom. The Bertz CT molecular complexity index is 828. The van der Waals surface area contributed by atoms with Gasteiger partial charge in [0.2, 0.25) is 0 Å². The first-order chi connectivity index (χ1) is 10.7. The molecule has 0 aromatic heterocycles. The molecule has 0 fully saturated rings. The molecule has 2 aliphatic rings. The summed E-state index contributed by atoms with van der Waals surface area (Å²) in [4.78, 5) is 4.76. The highest BCUT2D eigenvalue weighted by molar-refractivity contribution is 7.99. The fourth-order valence-electron chi connectivity index (χ4n) is 2.86. The number of anilines is 2. The number of para-hydroxylation sites is 1. The molecule has 110 valence electrons. The van der Waals surface area contributed by atoms with Crippen LogP contribution in [0.2, 0.25) is 0 Å². The molecule has 4 heteroatoms. The fourth-order valence-corrected chi connectivity index (χ4v) is 4.24. The van der Waals surface area contributed by atoms with Gasteiger partial charge in [0.15, 0.2) is 0 Å². The van der Waals surface area contributed by atoms with Crippen LogP contribution in [0.25, 0.3) is 5.03 Å². The van der Waals surface area contributed by atoms with Gasteiger partial charge in [-0.1, -0.05) is 42.1 Å². The van der Waals surface area contributed by atoms with Crippen molar-refractivity contribution in [3.63, 3.8) is 0 Å². The van der Waals surface area contributed by atoms with Gasteiger partial charge < -0.3 is 9.64 Å². The molecule has 2 aromatic carbocycles. The Balaban J connectivity index is 1.91. The summed E-state index contributed by atoms with van der Waals surface area (Å²) in [5, 5.41) is 0.677. The van der Waals surface area contributed by atoms with Crippen molar-refractivity contribution >= 4 is 39.8 Å². The molecule has 0 amide bonds. The maximum atomic E-state index is 6.35. The van der Waals surface area contributed by atoms with Crippen molar-refractivity contribution in [2.24, 2.45) is 0 Å². The van der Waals surface area contributed by atoms with E-state index in [1.807, 2.05) is 0 Å². The molecule has 0 saturated carbocycles. The molecule has 0 saturated heterocycles. The van der Waals surface area contributed by atoms with Crippen molar-refractivity contribution in [1.29, 1.82) is 0 Å². The Morgan fingerprint density at radius 3 is 2.82 bits per heavy atom. The fraction of sp³-hybridized carbons (Fsp3) is 0.111. The predicted octanol–water partition coefficient (Wildman–Crippen LogP) is 5.80. The number of halogens is 1. The summed E-state index contributed by atoms with van der Waals surface area (Å²) in [5.41, 5.74) is 3.32. The highest BCUT2D eigenvalue weighted by atomic mass is 35.5. The molecule has 0 radical (unpaired) electrons. The normalized spacial score (nSPS) is 15.5. The van der Waals surface area contributed by atoms with Gasteiger partial charge in [-0.15, -0.1) is 0 Å². The summed E-state index contributed by atoms with van der Waals surface area (Å²) in [6.45, 7) is 6.90. The predicted molar refractivity (Wildman–Crippen MR) is 93.3 cm³/mol. The lowest BCUT2D eigenvalue weighted by molar-refractivity contribution is 0.441. The first kappa shape index (κ1) is 13.8. The van der Waals surface area contributed by atoms with Crippen LogP contribution in [-0.2, 0) is 0 Å². The van der Waals surface area contributed by atoms with E-state index in [0.717, 1.165) is 23.5 Å². The molecule has 22 heavy (non-hydrogen) atoms. The summed E-state index contributed by atoms with van der Waals surface area (Å²) in [6, 6.07) is 12.6. The van der Waals surface area contributed by atoms with E-state index in [2.05, 4.69) is 54.8 Å². The van der Waals surface area contributed by atoms with Crippen LogP contribution >= 0.6 is 23.4 Å². The topological polar surface area (TPSA) is 12.5 Å². The average Bonchev–Trinajstić information content (AvgIpc) is 2.51. The average molecular weight is 328 g/mol. The zero-order valence-corrected chi connectivity index (χ0v) is 13.7. The van der Waals surface area contributed by atoms with Crippen molar-refractivity contribution in [2.75, 3.05) is 11.4 Å². The monoisotopic (exact) mass is 327 g/mol. The highest BCUT2D eigenvalue weighted by Crippen LogP contribution is 2.51. The molecule has 0 atom stereocenters. The summed E-state index contributed by atoms with van der Waals surface area (Å²) in [7, 11) is 0. The van der Waals surface area contributed by atoms with Crippen LogP contribution in [0.5, 0.6) is 5.75 Å². The maximum absolute atomic E-state index is 6.35. The van der Waals surface area contributed by atoms with Crippen molar-refractivity contribution < 1.29 is 4.74 Å². The van der Waals surface area contributed by atoms with Gasteiger partial charge in [-0.25, -0.2) is 0 Å². The lowest BCUT2D eigenvalue weighted by Crippen LogP contribution is -2.20. The minimum absolute atomic E-state index is 0.573. The lowest BCUT2D eigenvalue weighted by atomic mass is 10.1. The third-order valence-corrected chi connectivity index (χ3v) is 5.25. The molecule has 0 aliphatic carbocycles. The number of hydrogen-bond donors (Lipinski definition) is 0. The molecule has 0 unspecified atom stereocenters. The Hall–Kier alpha value is -1.84. The van der Waals surface area contributed by atoms with Gasteiger partial charge in [-0.2, -0.15) is 0 Å². The molecular formula is C18H14ClNOS. The van der Waals surface area contributed by atoms with Gasteiger partial charge in [0, 0.05) is 28.0 Å². The number of rotatable bonds is 1. The van der Waals surface area contributed by atoms with Crippen molar-refractivity contribution in [3.8, 4) is 5.75 Å². The van der Waals surface area contributed by atoms with Crippen LogP contribution < -0.4 is 9.64 Å². The van der Waals surface area contributed by atoms with E-state index in [1.54, 1.807) is 17.8 Å². The second kappa shape index (κ2) is 5.11. The summed E-state index contributed by atoms with van der Waals surface area (Å²) >= 11 is 8.12. The van der Waals surface area contributed by atoms with Gasteiger partial charge in [0.1, 0.15) is 11.5 Å². The second-order valence-corrected chi connectivity index (χ2v) is 6.68. The number of benzene rings is 2. The number of nitrogens with zero attached hydrogens (tertiary/aromatic N) is 1. The second-order valence-electron chi connectivity index (χ2n) is 5.19. The summed E-state index contributed by atoms with van der Waals surface area (Å²) in [5.74, 6) is 1.35. The largest absolute Gasteiger partial charge is 0.457 e. The number of allylic oxidation sites excluding steroid dienone is 1. The van der Waals surface area contributed by atoms with Crippen LogP contribution in [0.4, 0.5) is 11.4 Å². The molecule has 0 spiro atoms. The molecule has 2 aliphatic heterocycles. The van der Waals surface area contributed by atoms with Gasteiger partial charge in [0.05, 0.1) is 16.4 Å². The Morgan fingerprint density at radius 2 is 2.00 bits per heavy atom. The first-order valence-electron chi connectivity index (χ1n) is 7.14. The van der Waals surface area contributed by atoms with E-state index >= 15 is 0 Å². The zero-order valence-electron chi connectivity index (χ0n) is 12.1. The van der Waals surface area contributed by atoms with Crippen molar-refractivity contribution in [1.82, 2.24) is 0 Å². The molecule has 2 heterocycles. The minimum atomic E-state index is 0.573.